The molecule has 9 heteroatoms. The van der Waals surface area contributed by atoms with Gasteiger partial charge in [0.05, 0.1) is 5.69 Å². The number of amides is 1. The third-order valence-electron chi connectivity index (χ3n) is 4.02. The molecule has 1 aliphatic heterocycles. The minimum atomic E-state index is -4.93. The first kappa shape index (κ1) is 17.0. The molecule has 0 aliphatic carbocycles. The molecule has 2 aromatic rings. The number of imidazole rings is 1. The van der Waals surface area contributed by atoms with Crippen molar-refractivity contribution in [3.8, 4) is 0 Å². The molecule has 1 aromatic carbocycles. The van der Waals surface area contributed by atoms with Crippen LogP contribution in [0.4, 0.5) is 24.8 Å². The Balaban J connectivity index is 2.27. The fraction of sp³-hybridized carbons (Fsp3) is 0.312. The summed E-state index contributed by atoms with van der Waals surface area (Å²) in [6.45, 7) is 4.82. The number of hydrogen-bond acceptors (Lipinski definition) is 3. The van der Waals surface area contributed by atoms with Crippen LogP contribution < -0.4 is 4.90 Å². The number of carbonyl (C=O) groups excluding carboxylic acids is 1. The minimum absolute atomic E-state index is 0.329. The highest BCUT2D eigenvalue weighted by molar-refractivity contribution is 6.05. The Labute approximate surface area is 140 Å². The maximum atomic E-state index is 13.2. The number of nitrogens with zero attached hydrogens (tertiary/aromatic N) is 3. The summed E-state index contributed by atoms with van der Waals surface area (Å²) in [7, 11) is 0. The van der Waals surface area contributed by atoms with Crippen molar-refractivity contribution < 1.29 is 27.9 Å². The lowest BCUT2D eigenvalue weighted by atomic mass is 10.0. The summed E-state index contributed by atoms with van der Waals surface area (Å²) in [4.78, 5) is 28.3. The first-order valence-corrected chi connectivity index (χ1v) is 7.34. The molecule has 0 unspecified atom stereocenters. The zero-order valence-electron chi connectivity index (χ0n) is 13.6. The number of aromatic carboxylic acids is 1. The standard InChI is InChI=1S/C16H14F3N3O3/c1-7-4-8(2)11(9(3)5-7)22-10(23)6-21-12(14(24)25)13(16(17,18)19)20-15(21)22/h4-5H,6H2,1-3H3,(H,24,25). The summed E-state index contributed by atoms with van der Waals surface area (Å²) in [6.07, 6.45) is -4.93. The largest absolute Gasteiger partial charge is 0.477 e. The number of rotatable bonds is 2. The highest BCUT2D eigenvalue weighted by Gasteiger charge is 2.46. The lowest BCUT2D eigenvalue weighted by Crippen LogP contribution is -2.25. The number of fused-ring (bicyclic) bond motifs is 1. The van der Waals surface area contributed by atoms with Gasteiger partial charge in [0.2, 0.25) is 5.95 Å². The van der Waals surface area contributed by atoms with E-state index in [2.05, 4.69) is 4.98 Å². The third kappa shape index (κ3) is 2.55. The van der Waals surface area contributed by atoms with Crippen LogP contribution in [0.5, 0.6) is 0 Å². The lowest BCUT2D eigenvalue weighted by Gasteiger charge is -2.20. The summed E-state index contributed by atoms with van der Waals surface area (Å²) in [5, 5.41) is 9.18. The molecule has 0 radical (unpaired) electrons. The van der Waals surface area contributed by atoms with Crippen LogP contribution >= 0.6 is 0 Å². The van der Waals surface area contributed by atoms with Crippen molar-refractivity contribution in [3.63, 3.8) is 0 Å². The van der Waals surface area contributed by atoms with Gasteiger partial charge in [-0.15, -0.1) is 0 Å². The second-order valence-electron chi connectivity index (χ2n) is 5.97. The Morgan fingerprint density at radius 2 is 1.76 bits per heavy atom. The van der Waals surface area contributed by atoms with Gasteiger partial charge in [0, 0.05) is 0 Å². The molecule has 1 aliphatic rings. The predicted octanol–water partition coefficient (Wildman–Crippen LogP) is 3.20. The average molecular weight is 353 g/mol. The molecule has 3 rings (SSSR count). The number of benzene rings is 1. The number of aryl methyl sites for hydroxylation is 3. The number of hydrogen-bond donors (Lipinski definition) is 1. The fourth-order valence-corrected chi connectivity index (χ4v) is 3.24. The van der Waals surface area contributed by atoms with Gasteiger partial charge in [-0.05, 0) is 31.9 Å². The van der Waals surface area contributed by atoms with Crippen molar-refractivity contribution in [3.05, 3.63) is 40.2 Å². The molecule has 1 aromatic heterocycles. The Morgan fingerprint density at radius 1 is 1.20 bits per heavy atom. The van der Waals surface area contributed by atoms with Gasteiger partial charge in [-0.2, -0.15) is 13.2 Å². The van der Waals surface area contributed by atoms with Gasteiger partial charge in [-0.1, -0.05) is 17.7 Å². The highest BCUT2D eigenvalue weighted by atomic mass is 19.4. The summed E-state index contributed by atoms with van der Waals surface area (Å²) >= 11 is 0. The Kier molecular flexibility index (Phi) is 3.63. The number of carbonyl (C=O) groups is 2. The molecule has 1 N–H and O–H groups in total. The number of anilines is 2. The zero-order valence-corrected chi connectivity index (χ0v) is 13.6. The molecule has 0 fully saturated rings. The van der Waals surface area contributed by atoms with E-state index in [1.807, 2.05) is 6.92 Å². The zero-order chi connectivity index (χ0) is 18.7. The van der Waals surface area contributed by atoms with E-state index in [0.717, 1.165) is 15.0 Å². The normalized spacial score (nSPS) is 14.2. The topological polar surface area (TPSA) is 75.4 Å². The average Bonchev–Trinajstić information content (AvgIpc) is 2.94. The molecule has 0 saturated heterocycles. The fourth-order valence-electron chi connectivity index (χ4n) is 3.24. The Morgan fingerprint density at radius 3 is 2.24 bits per heavy atom. The molecule has 25 heavy (non-hydrogen) atoms. The second-order valence-corrected chi connectivity index (χ2v) is 5.97. The summed E-state index contributed by atoms with van der Waals surface area (Å²) < 4.78 is 40.3. The smallest absolute Gasteiger partial charge is 0.435 e. The molecule has 0 atom stereocenters. The second kappa shape index (κ2) is 5.33. The SMILES string of the molecule is Cc1cc(C)c(N2C(=O)Cn3c2nc(C(F)(F)F)c3C(=O)O)c(C)c1. The van der Waals surface area contributed by atoms with E-state index in [4.69, 9.17) is 0 Å². The first-order valence-electron chi connectivity index (χ1n) is 7.34. The molecular formula is C16H14F3N3O3. The van der Waals surface area contributed by atoms with E-state index >= 15 is 0 Å². The van der Waals surface area contributed by atoms with Gasteiger partial charge < -0.3 is 5.11 Å². The van der Waals surface area contributed by atoms with Gasteiger partial charge in [0.25, 0.3) is 5.91 Å². The lowest BCUT2D eigenvalue weighted by molar-refractivity contribution is -0.141. The van der Waals surface area contributed by atoms with Gasteiger partial charge in [-0.3, -0.25) is 9.36 Å². The third-order valence-corrected chi connectivity index (χ3v) is 4.02. The van der Waals surface area contributed by atoms with Gasteiger partial charge >= 0.3 is 12.1 Å². The van der Waals surface area contributed by atoms with E-state index in [1.165, 1.54) is 0 Å². The van der Waals surface area contributed by atoms with Crippen LogP contribution in [0.3, 0.4) is 0 Å². The molecule has 0 saturated carbocycles. The molecule has 132 valence electrons. The van der Waals surface area contributed by atoms with E-state index in [1.54, 1.807) is 26.0 Å². The van der Waals surface area contributed by atoms with E-state index in [0.29, 0.717) is 16.8 Å². The summed E-state index contributed by atoms with van der Waals surface area (Å²) in [6, 6.07) is 3.59. The maximum Gasteiger partial charge on any atom is 0.435 e. The molecule has 0 bridgehead atoms. The summed E-state index contributed by atoms with van der Waals surface area (Å²) in [5.41, 5.74) is 0.206. The van der Waals surface area contributed by atoms with Gasteiger partial charge in [0.15, 0.2) is 11.4 Å². The Bertz CT molecular complexity index is 892. The molecule has 1 amide bonds. The van der Waals surface area contributed by atoms with Crippen molar-refractivity contribution in [1.29, 1.82) is 0 Å². The van der Waals surface area contributed by atoms with Crippen LogP contribution in [0.2, 0.25) is 0 Å². The van der Waals surface area contributed by atoms with Crippen molar-refractivity contribution in [1.82, 2.24) is 9.55 Å². The van der Waals surface area contributed by atoms with Crippen molar-refractivity contribution in [2.45, 2.75) is 33.5 Å². The van der Waals surface area contributed by atoms with Crippen LogP contribution in [0.25, 0.3) is 0 Å². The van der Waals surface area contributed by atoms with Gasteiger partial charge in [-0.25, -0.2) is 14.7 Å². The van der Waals surface area contributed by atoms with Gasteiger partial charge in [0.1, 0.15) is 6.54 Å². The van der Waals surface area contributed by atoms with Crippen molar-refractivity contribution in [2.24, 2.45) is 0 Å². The monoisotopic (exact) mass is 353 g/mol. The van der Waals surface area contributed by atoms with Crippen molar-refractivity contribution >= 4 is 23.5 Å². The first-order chi connectivity index (χ1) is 11.5. The molecular weight excluding hydrogens is 339 g/mol. The number of alkyl halides is 3. The van der Waals surface area contributed by atoms with E-state index in [9.17, 15) is 27.9 Å². The number of carboxylic acids is 1. The molecule has 2 heterocycles. The predicted molar refractivity (Wildman–Crippen MR) is 82.0 cm³/mol. The van der Waals surface area contributed by atoms with Crippen LogP contribution in [-0.2, 0) is 17.5 Å². The highest BCUT2D eigenvalue weighted by Crippen LogP contribution is 2.40. The van der Waals surface area contributed by atoms with Crippen LogP contribution in [0, 0.1) is 20.8 Å². The number of halogens is 3. The van der Waals surface area contributed by atoms with E-state index < -0.39 is 36.0 Å². The number of carboxylic acid groups (broad SMARTS) is 1. The molecule has 6 nitrogen and oxygen atoms in total. The Hall–Kier alpha value is -2.84. The van der Waals surface area contributed by atoms with Crippen molar-refractivity contribution in [2.75, 3.05) is 4.90 Å². The maximum absolute atomic E-state index is 13.2. The van der Waals surface area contributed by atoms with E-state index in [-0.39, 0.29) is 5.95 Å². The van der Waals surface area contributed by atoms with Crippen LogP contribution in [0.1, 0.15) is 32.9 Å². The van der Waals surface area contributed by atoms with Crippen LogP contribution in [-0.4, -0.2) is 26.5 Å². The molecule has 0 spiro atoms. The quantitative estimate of drug-likeness (QED) is 0.900. The summed E-state index contributed by atoms with van der Waals surface area (Å²) in [5.74, 6) is -2.64. The minimum Gasteiger partial charge on any atom is -0.477 e. The number of aromatic nitrogens is 2. The van der Waals surface area contributed by atoms with Crippen LogP contribution in [0.15, 0.2) is 12.1 Å².